The summed E-state index contributed by atoms with van der Waals surface area (Å²) < 4.78 is 7.92. The quantitative estimate of drug-likeness (QED) is 0.663. The highest BCUT2D eigenvalue weighted by Crippen LogP contribution is 2.13. The Bertz CT molecular complexity index is 1100. The lowest BCUT2D eigenvalue weighted by Gasteiger charge is -2.16. The summed E-state index contributed by atoms with van der Waals surface area (Å²) in [6.45, 7) is 1.43. The fourth-order valence-corrected chi connectivity index (χ4v) is 2.86. The molecule has 1 unspecified atom stereocenters. The molecule has 1 heterocycles. The van der Waals surface area contributed by atoms with Crippen LogP contribution in [0, 0.1) is 0 Å². The fourth-order valence-electron chi connectivity index (χ4n) is 2.86. The number of carbonyl (C=O) groups excluding carboxylic acids is 1. The molecule has 0 amide bonds. The third-order valence-corrected chi connectivity index (χ3v) is 4.34. The minimum atomic E-state index is -0.962. The number of para-hydroxylation sites is 1. The number of aliphatic hydroxyl groups is 1. The Hall–Kier alpha value is -3.19. The number of hydrogen-bond donors (Lipinski definition) is 1. The second-order valence-corrected chi connectivity index (χ2v) is 6.32. The van der Waals surface area contributed by atoms with Crippen molar-refractivity contribution in [2.24, 2.45) is 7.05 Å². The van der Waals surface area contributed by atoms with E-state index in [1.807, 2.05) is 0 Å². The molecular weight excluding hydrogens is 348 g/mol. The summed E-state index contributed by atoms with van der Waals surface area (Å²) in [4.78, 5) is 35.9. The second kappa shape index (κ2) is 7.59. The number of nitrogens with zero attached hydrogens (tertiary/aromatic N) is 2. The molecule has 0 radical (unpaired) electrons. The molecular formula is C20H20N2O5. The van der Waals surface area contributed by atoms with Gasteiger partial charge in [-0.05, 0) is 43.3 Å². The van der Waals surface area contributed by atoms with Crippen LogP contribution in [-0.2, 0) is 13.6 Å². The maximum absolute atomic E-state index is 12.5. The van der Waals surface area contributed by atoms with E-state index in [0.29, 0.717) is 22.2 Å². The zero-order valence-electron chi connectivity index (χ0n) is 15.1. The van der Waals surface area contributed by atoms with Gasteiger partial charge in [0.05, 0.1) is 17.4 Å². The minimum Gasteiger partial charge on any atom is -0.491 e. The maximum atomic E-state index is 12.5. The highest BCUT2D eigenvalue weighted by molar-refractivity contribution is 5.94. The number of aliphatic hydroxyl groups excluding tert-OH is 1. The van der Waals surface area contributed by atoms with Crippen LogP contribution in [0.1, 0.15) is 17.3 Å². The van der Waals surface area contributed by atoms with E-state index >= 15 is 0 Å². The standard InChI is InChI=1S/C20H20N2O5/c1-13(23)14-7-9-16(10-8-14)27-12-15(24)11-22-18-6-4-3-5-17(18)19(25)21(2)20(22)26/h3-10,15,24H,11-12H2,1-2H3. The van der Waals surface area contributed by atoms with Crippen LogP contribution in [0.5, 0.6) is 5.75 Å². The van der Waals surface area contributed by atoms with E-state index in [-0.39, 0.29) is 24.5 Å². The van der Waals surface area contributed by atoms with Crippen molar-refractivity contribution >= 4 is 16.7 Å². The molecule has 0 bridgehead atoms. The third kappa shape index (κ3) is 3.83. The Labute approximate surface area is 155 Å². The van der Waals surface area contributed by atoms with E-state index < -0.39 is 11.8 Å². The summed E-state index contributed by atoms with van der Waals surface area (Å²) >= 11 is 0. The van der Waals surface area contributed by atoms with Gasteiger partial charge in [-0.3, -0.25) is 18.7 Å². The average Bonchev–Trinajstić information content (AvgIpc) is 2.68. The molecule has 3 aromatic rings. The predicted molar refractivity (Wildman–Crippen MR) is 101 cm³/mol. The molecule has 0 aliphatic carbocycles. The zero-order chi connectivity index (χ0) is 19.6. The normalized spacial score (nSPS) is 12.1. The first-order chi connectivity index (χ1) is 12.9. The van der Waals surface area contributed by atoms with Gasteiger partial charge in [0.2, 0.25) is 0 Å². The molecule has 3 rings (SSSR count). The molecule has 0 saturated carbocycles. The molecule has 27 heavy (non-hydrogen) atoms. The minimum absolute atomic E-state index is 0.0149. The maximum Gasteiger partial charge on any atom is 0.331 e. The average molecular weight is 368 g/mol. The van der Waals surface area contributed by atoms with Crippen molar-refractivity contribution in [1.82, 2.24) is 9.13 Å². The lowest BCUT2D eigenvalue weighted by Crippen LogP contribution is -2.40. The molecule has 1 aromatic heterocycles. The predicted octanol–water partition coefficient (Wildman–Crippen LogP) is 1.34. The monoisotopic (exact) mass is 368 g/mol. The Morgan fingerprint density at radius 2 is 1.78 bits per heavy atom. The molecule has 0 aliphatic rings. The van der Waals surface area contributed by atoms with Gasteiger partial charge in [-0.25, -0.2) is 4.79 Å². The number of rotatable bonds is 6. The van der Waals surface area contributed by atoms with Crippen LogP contribution in [0.25, 0.3) is 10.9 Å². The smallest absolute Gasteiger partial charge is 0.331 e. The number of benzene rings is 2. The third-order valence-electron chi connectivity index (χ3n) is 4.34. The Morgan fingerprint density at radius 3 is 2.44 bits per heavy atom. The van der Waals surface area contributed by atoms with Crippen LogP contribution in [0.4, 0.5) is 0 Å². The van der Waals surface area contributed by atoms with E-state index in [0.717, 1.165) is 4.57 Å². The van der Waals surface area contributed by atoms with Gasteiger partial charge in [0, 0.05) is 12.6 Å². The molecule has 7 nitrogen and oxygen atoms in total. The van der Waals surface area contributed by atoms with Crippen LogP contribution < -0.4 is 16.0 Å². The lowest BCUT2D eigenvalue weighted by molar-refractivity contribution is 0.0919. The van der Waals surface area contributed by atoms with Crippen LogP contribution in [0.2, 0.25) is 0 Å². The number of aromatic nitrogens is 2. The van der Waals surface area contributed by atoms with Gasteiger partial charge in [-0.15, -0.1) is 0 Å². The van der Waals surface area contributed by atoms with Crippen molar-refractivity contribution in [3.63, 3.8) is 0 Å². The zero-order valence-corrected chi connectivity index (χ0v) is 15.1. The molecule has 1 atom stereocenters. The summed E-state index contributed by atoms with van der Waals surface area (Å²) in [5, 5.41) is 10.7. The summed E-state index contributed by atoms with van der Waals surface area (Å²) in [7, 11) is 1.41. The fraction of sp³-hybridized carbons (Fsp3) is 0.250. The van der Waals surface area contributed by atoms with Crippen molar-refractivity contribution < 1.29 is 14.6 Å². The van der Waals surface area contributed by atoms with E-state index in [4.69, 9.17) is 4.74 Å². The van der Waals surface area contributed by atoms with Crippen LogP contribution in [0.3, 0.4) is 0 Å². The molecule has 2 aromatic carbocycles. The van der Waals surface area contributed by atoms with Gasteiger partial charge < -0.3 is 9.84 Å². The highest BCUT2D eigenvalue weighted by atomic mass is 16.5. The van der Waals surface area contributed by atoms with E-state index in [9.17, 15) is 19.5 Å². The van der Waals surface area contributed by atoms with E-state index in [1.165, 1.54) is 18.5 Å². The number of hydrogen-bond acceptors (Lipinski definition) is 5. The number of fused-ring (bicyclic) bond motifs is 1. The molecule has 0 aliphatic heterocycles. The van der Waals surface area contributed by atoms with Gasteiger partial charge in [0.15, 0.2) is 5.78 Å². The largest absolute Gasteiger partial charge is 0.491 e. The number of ketones is 1. The number of Topliss-reactive ketones (excluding diaryl/α,β-unsaturated/α-hetero) is 1. The Morgan fingerprint density at radius 1 is 1.11 bits per heavy atom. The Balaban J connectivity index is 1.78. The van der Waals surface area contributed by atoms with Crippen molar-refractivity contribution in [3.8, 4) is 5.75 Å². The first kappa shape index (κ1) is 18.6. The first-order valence-corrected chi connectivity index (χ1v) is 8.49. The van der Waals surface area contributed by atoms with Crippen LogP contribution in [0.15, 0.2) is 58.1 Å². The van der Waals surface area contributed by atoms with Gasteiger partial charge in [0.1, 0.15) is 18.5 Å². The molecule has 140 valence electrons. The van der Waals surface area contributed by atoms with Crippen LogP contribution >= 0.6 is 0 Å². The van der Waals surface area contributed by atoms with Crippen LogP contribution in [-0.4, -0.2) is 32.7 Å². The summed E-state index contributed by atoms with van der Waals surface area (Å²) in [6, 6.07) is 13.4. The van der Waals surface area contributed by atoms with E-state index in [1.54, 1.807) is 48.5 Å². The van der Waals surface area contributed by atoms with Crippen molar-refractivity contribution in [1.29, 1.82) is 0 Å². The van der Waals surface area contributed by atoms with Gasteiger partial charge >= 0.3 is 5.69 Å². The number of ether oxygens (including phenoxy) is 1. The summed E-state index contributed by atoms with van der Waals surface area (Å²) in [6.07, 6.45) is -0.962. The van der Waals surface area contributed by atoms with Crippen molar-refractivity contribution in [2.75, 3.05) is 6.61 Å². The van der Waals surface area contributed by atoms with Gasteiger partial charge in [-0.2, -0.15) is 0 Å². The molecule has 1 N–H and O–H groups in total. The SMILES string of the molecule is CC(=O)c1ccc(OCC(O)Cn2c(=O)n(C)c(=O)c3ccccc32)cc1. The molecule has 0 fully saturated rings. The summed E-state index contributed by atoms with van der Waals surface area (Å²) in [5.41, 5.74) is 0.174. The van der Waals surface area contributed by atoms with Gasteiger partial charge in [0.25, 0.3) is 5.56 Å². The number of carbonyl (C=O) groups is 1. The Kier molecular flexibility index (Phi) is 5.23. The first-order valence-electron chi connectivity index (χ1n) is 8.49. The topological polar surface area (TPSA) is 90.5 Å². The molecule has 0 saturated heterocycles. The second-order valence-electron chi connectivity index (χ2n) is 6.32. The van der Waals surface area contributed by atoms with E-state index in [2.05, 4.69) is 0 Å². The lowest BCUT2D eigenvalue weighted by atomic mass is 10.1. The molecule has 0 spiro atoms. The molecule has 7 heteroatoms. The van der Waals surface area contributed by atoms with Crippen molar-refractivity contribution in [2.45, 2.75) is 19.6 Å². The van der Waals surface area contributed by atoms with Gasteiger partial charge in [-0.1, -0.05) is 12.1 Å². The van der Waals surface area contributed by atoms with Crippen molar-refractivity contribution in [3.05, 3.63) is 74.9 Å². The summed E-state index contributed by atoms with van der Waals surface area (Å²) in [5.74, 6) is 0.472. The highest BCUT2D eigenvalue weighted by Gasteiger charge is 2.14.